The summed E-state index contributed by atoms with van der Waals surface area (Å²) in [6.07, 6.45) is 0. The maximum Gasteiger partial charge on any atom is 0.333 e. The molecule has 2 aliphatic heterocycles. The Morgan fingerprint density at radius 1 is 0.365 bits per heavy atom. The molecule has 0 spiro atoms. The van der Waals surface area contributed by atoms with Crippen molar-refractivity contribution in [3.63, 3.8) is 0 Å². The van der Waals surface area contributed by atoms with E-state index in [2.05, 4.69) is 167 Å². The summed E-state index contributed by atoms with van der Waals surface area (Å²) in [5, 5.41) is 2.54. The summed E-state index contributed by atoms with van der Waals surface area (Å²) in [6.45, 7) is -0.0520. The van der Waals surface area contributed by atoms with Gasteiger partial charge in [-0.25, -0.2) is 15.0 Å². The zero-order chi connectivity index (χ0) is 41.4. The number of rotatable bonds is 6. The highest BCUT2D eigenvalue weighted by Crippen LogP contribution is 2.51. The molecule has 0 bridgehead atoms. The molecule has 5 nitrogen and oxygen atoms in total. The fourth-order valence-corrected chi connectivity index (χ4v) is 10.1. The normalized spacial score (nSPS) is 12.4. The van der Waals surface area contributed by atoms with Gasteiger partial charge >= 0.3 is 6.85 Å². The minimum atomic E-state index is -0.0520. The lowest BCUT2D eigenvalue weighted by atomic mass is 9.44. The van der Waals surface area contributed by atoms with Crippen LogP contribution in [0.4, 0.5) is 17.1 Å². The molecule has 0 saturated heterocycles. The summed E-state index contributed by atoms with van der Waals surface area (Å²) in [5.74, 6) is 1.92. The first-order valence-corrected chi connectivity index (χ1v) is 21.5. The smallest absolute Gasteiger partial charge is 0.333 e. The lowest BCUT2D eigenvalue weighted by Crippen LogP contribution is -2.56. The SMILES string of the molecule is c1ccc(-c2nc(-c3ccccc3)nc(-c3ccc(-c4cc5c6c(c4-c4ccccc4)-c4cccc7c8ccccc8n(c47)B6c4ccccc4N5c4ccccc4)cc3)n2)cc1. The Bertz CT molecular complexity index is 3490. The molecule has 0 atom stereocenters. The third-order valence-electron chi connectivity index (χ3n) is 12.8. The second-order valence-corrected chi connectivity index (χ2v) is 16.3. The van der Waals surface area contributed by atoms with Crippen molar-refractivity contribution in [1.29, 1.82) is 0 Å². The van der Waals surface area contributed by atoms with Crippen LogP contribution in [0.3, 0.4) is 0 Å². The van der Waals surface area contributed by atoms with Crippen molar-refractivity contribution in [2.45, 2.75) is 0 Å². The van der Waals surface area contributed by atoms with Gasteiger partial charge < -0.3 is 9.38 Å². The van der Waals surface area contributed by atoms with Gasteiger partial charge in [-0.15, -0.1) is 0 Å². The third kappa shape index (κ3) is 5.48. The van der Waals surface area contributed by atoms with E-state index >= 15 is 0 Å². The molecule has 0 aliphatic carbocycles. The number of hydrogen-bond donors (Lipinski definition) is 0. The van der Waals surface area contributed by atoms with Crippen molar-refractivity contribution < 1.29 is 0 Å². The average Bonchev–Trinajstić information content (AvgIpc) is 3.70. The van der Waals surface area contributed by atoms with Gasteiger partial charge in [0.1, 0.15) is 0 Å². The van der Waals surface area contributed by atoms with E-state index in [1.807, 2.05) is 60.7 Å². The minimum absolute atomic E-state index is 0.0520. The van der Waals surface area contributed by atoms with Crippen molar-refractivity contribution in [2.75, 3.05) is 4.90 Å². The highest BCUT2D eigenvalue weighted by molar-refractivity contribution is 6.90. The molecular formula is C57H36BN5. The number of anilines is 3. The topological polar surface area (TPSA) is 46.8 Å². The predicted octanol–water partition coefficient (Wildman–Crippen LogP) is 12.7. The van der Waals surface area contributed by atoms with Gasteiger partial charge in [-0.1, -0.05) is 188 Å². The van der Waals surface area contributed by atoms with E-state index in [0.29, 0.717) is 17.5 Å². The summed E-state index contributed by atoms with van der Waals surface area (Å²) < 4.78 is 2.62. The van der Waals surface area contributed by atoms with Crippen LogP contribution in [0, 0.1) is 0 Å². The van der Waals surface area contributed by atoms with Crippen LogP contribution in [0.25, 0.3) is 89.4 Å². The fourth-order valence-electron chi connectivity index (χ4n) is 10.1. The second kappa shape index (κ2) is 14.1. The third-order valence-corrected chi connectivity index (χ3v) is 12.8. The molecule has 0 amide bonds. The lowest BCUT2D eigenvalue weighted by molar-refractivity contribution is 1.07. The molecule has 0 fully saturated rings. The molecule has 0 N–H and O–H groups in total. The van der Waals surface area contributed by atoms with E-state index in [1.165, 1.54) is 66.4 Å². The van der Waals surface area contributed by atoms with Crippen molar-refractivity contribution >= 4 is 56.6 Å². The average molecular weight is 802 g/mol. The quantitative estimate of drug-likeness (QED) is 0.157. The summed E-state index contributed by atoms with van der Waals surface area (Å²) in [6, 6.07) is 78.1. The van der Waals surface area contributed by atoms with Gasteiger partial charge in [0.25, 0.3) is 0 Å². The van der Waals surface area contributed by atoms with Crippen LogP contribution in [0.5, 0.6) is 0 Å². The fraction of sp³-hybridized carbons (Fsp3) is 0. The second-order valence-electron chi connectivity index (χ2n) is 16.3. The molecule has 4 heterocycles. The molecular weight excluding hydrogens is 765 g/mol. The van der Waals surface area contributed by atoms with Gasteiger partial charge in [0.2, 0.25) is 0 Å². The first kappa shape index (κ1) is 35.4. The van der Waals surface area contributed by atoms with Gasteiger partial charge in [-0.2, -0.15) is 0 Å². The van der Waals surface area contributed by atoms with E-state index in [9.17, 15) is 0 Å². The van der Waals surface area contributed by atoms with Gasteiger partial charge in [0, 0.05) is 61.1 Å². The molecule has 9 aromatic carbocycles. The zero-order valence-electron chi connectivity index (χ0n) is 34.1. The number of benzene rings is 9. The summed E-state index contributed by atoms with van der Waals surface area (Å²) >= 11 is 0. The lowest BCUT2D eigenvalue weighted by Gasteiger charge is -2.41. The monoisotopic (exact) mass is 801 g/mol. The maximum absolute atomic E-state index is 5.06. The van der Waals surface area contributed by atoms with Crippen LogP contribution in [0.2, 0.25) is 0 Å². The standard InChI is InChI=1S/C57H36BN5/c1-5-18-38(19-6-1)51-46(37-32-34-41(35-33-37)57-60-55(39-20-7-2-8-21-39)59-56(61-57)40-22-9-3-10-23-40)36-50-53-52(51)45-28-17-27-44-43-26-13-15-30-48(43)63(54(44)45)58(53)47-29-14-16-31-49(47)62(50)42-24-11-4-12-25-42/h1-36H. The Kier molecular flexibility index (Phi) is 7.94. The highest BCUT2D eigenvalue weighted by Gasteiger charge is 2.44. The van der Waals surface area contributed by atoms with Gasteiger partial charge in [-0.3, -0.25) is 0 Å². The van der Waals surface area contributed by atoms with Crippen LogP contribution >= 0.6 is 0 Å². The summed E-state index contributed by atoms with van der Waals surface area (Å²) in [5.41, 5.74) is 18.6. The van der Waals surface area contributed by atoms with E-state index in [4.69, 9.17) is 15.0 Å². The number of para-hydroxylation sites is 4. The largest absolute Gasteiger partial charge is 0.375 e. The van der Waals surface area contributed by atoms with Crippen LogP contribution in [0.15, 0.2) is 218 Å². The highest BCUT2D eigenvalue weighted by atomic mass is 15.2. The van der Waals surface area contributed by atoms with E-state index in [0.717, 1.165) is 33.5 Å². The summed E-state index contributed by atoms with van der Waals surface area (Å²) in [7, 11) is 0. The zero-order valence-corrected chi connectivity index (χ0v) is 34.1. The number of aromatic nitrogens is 4. The molecule has 0 saturated carbocycles. The molecule has 13 rings (SSSR count). The van der Waals surface area contributed by atoms with E-state index in [1.54, 1.807) is 0 Å². The van der Waals surface area contributed by atoms with Crippen molar-refractivity contribution in [2.24, 2.45) is 0 Å². The van der Waals surface area contributed by atoms with Gasteiger partial charge in [0.05, 0.1) is 0 Å². The Balaban J connectivity index is 1.09. The summed E-state index contributed by atoms with van der Waals surface area (Å²) in [4.78, 5) is 17.6. The Hall–Kier alpha value is -8.35. The Labute approximate surface area is 365 Å². The van der Waals surface area contributed by atoms with Crippen LogP contribution in [-0.2, 0) is 0 Å². The molecule has 11 aromatic rings. The Morgan fingerprint density at radius 3 is 1.56 bits per heavy atom. The van der Waals surface area contributed by atoms with Gasteiger partial charge in [-0.05, 0) is 69.1 Å². The van der Waals surface area contributed by atoms with Crippen molar-refractivity contribution in [1.82, 2.24) is 19.4 Å². The van der Waals surface area contributed by atoms with Crippen LogP contribution in [0.1, 0.15) is 0 Å². The number of fused-ring (bicyclic) bond motifs is 7. The number of nitrogens with zero attached hydrogens (tertiary/aromatic N) is 5. The molecule has 2 aliphatic rings. The van der Waals surface area contributed by atoms with Crippen LogP contribution in [-0.4, -0.2) is 26.3 Å². The minimum Gasteiger partial charge on any atom is -0.375 e. The van der Waals surface area contributed by atoms with Crippen molar-refractivity contribution in [3.8, 4) is 67.5 Å². The van der Waals surface area contributed by atoms with Crippen LogP contribution < -0.4 is 15.8 Å². The molecule has 2 aromatic heterocycles. The Morgan fingerprint density at radius 2 is 0.889 bits per heavy atom. The van der Waals surface area contributed by atoms with E-state index < -0.39 is 0 Å². The first-order chi connectivity index (χ1) is 31.3. The maximum atomic E-state index is 5.06. The molecule has 0 radical (unpaired) electrons. The predicted molar refractivity (Wildman–Crippen MR) is 261 cm³/mol. The number of hydrogen-bond acceptors (Lipinski definition) is 4. The van der Waals surface area contributed by atoms with Crippen molar-refractivity contribution in [3.05, 3.63) is 218 Å². The molecule has 292 valence electrons. The van der Waals surface area contributed by atoms with Gasteiger partial charge in [0.15, 0.2) is 17.5 Å². The molecule has 63 heavy (non-hydrogen) atoms. The molecule has 0 unspecified atom stereocenters. The van der Waals surface area contributed by atoms with E-state index in [-0.39, 0.29) is 6.85 Å². The first-order valence-electron chi connectivity index (χ1n) is 21.5. The molecule has 6 heteroatoms.